The second-order valence-corrected chi connectivity index (χ2v) is 11.5. The predicted molar refractivity (Wildman–Crippen MR) is 202 cm³/mol. The molecule has 3 N–H and O–H groups in total. The predicted octanol–water partition coefficient (Wildman–Crippen LogP) is 10.9. The van der Waals surface area contributed by atoms with Gasteiger partial charge in [0.2, 0.25) is 5.91 Å². The maximum atomic E-state index is 12.3. The van der Waals surface area contributed by atoms with Crippen LogP contribution in [0.1, 0.15) is 129 Å². The fourth-order valence-corrected chi connectivity index (χ4v) is 4.45. The van der Waals surface area contributed by atoms with Gasteiger partial charge in [-0.2, -0.15) is 0 Å². The van der Waals surface area contributed by atoms with Gasteiger partial charge in [-0.05, 0) is 89.9 Å². The third-order valence-corrected chi connectivity index (χ3v) is 7.20. The molecule has 0 aliphatic heterocycles. The molecule has 0 heterocycles. The van der Waals surface area contributed by atoms with Gasteiger partial charge in [0.1, 0.15) is 0 Å². The minimum atomic E-state index is -0.886. The maximum Gasteiger partial charge on any atom is 0.220 e. The molecule has 0 saturated heterocycles. The summed E-state index contributed by atoms with van der Waals surface area (Å²) >= 11 is 0. The minimum absolute atomic E-state index is 0.112. The number of carbonyl (C=O) groups is 1. The Hall–Kier alpha value is -2.95. The molecule has 0 saturated carbocycles. The van der Waals surface area contributed by atoms with Crippen LogP contribution < -0.4 is 5.32 Å². The Balaban J connectivity index is 3.80. The van der Waals surface area contributed by atoms with E-state index in [9.17, 15) is 15.0 Å². The average molecular weight is 634 g/mol. The lowest BCUT2D eigenvalue weighted by Crippen LogP contribution is -2.45. The second kappa shape index (κ2) is 36.5. The van der Waals surface area contributed by atoms with Crippen molar-refractivity contribution >= 4 is 5.91 Å². The normalized spacial score (nSPS) is 14.4. The molecule has 4 nitrogen and oxygen atoms in total. The van der Waals surface area contributed by atoms with Crippen molar-refractivity contribution < 1.29 is 15.0 Å². The Kier molecular flexibility index (Phi) is 34.2. The topological polar surface area (TPSA) is 69.6 Å². The van der Waals surface area contributed by atoms with E-state index in [-0.39, 0.29) is 12.5 Å². The fourth-order valence-electron chi connectivity index (χ4n) is 4.45. The van der Waals surface area contributed by atoms with Crippen LogP contribution in [0.25, 0.3) is 0 Å². The highest BCUT2D eigenvalue weighted by Gasteiger charge is 2.17. The molecule has 46 heavy (non-hydrogen) atoms. The van der Waals surface area contributed by atoms with Crippen LogP contribution in [0.2, 0.25) is 0 Å². The summed E-state index contributed by atoms with van der Waals surface area (Å²) in [5, 5.41) is 22.8. The summed E-state index contributed by atoms with van der Waals surface area (Å²) in [6, 6.07) is -0.665. The van der Waals surface area contributed by atoms with E-state index in [0.29, 0.717) is 6.42 Å². The number of unbranched alkanes of at least 4 members (excludes halogenated alkanes) is 7. The van der Waals surface area contributed by atoms with Crippen LogP contribution in [0.5, 0.6) is 0 Å². The molecule has 258 valence electrons. The highest BCUT2D eigenvalue weighted by molar-refractivity contribution is 5.76. The molecule has 4 heteroatoms. The van der Waals surface area contributed by atoms with Gasteiger partial charge in [-0.1, -0.05) is 142 Å². The highest BCUT2D eigenvalue weighted by atomic mass is 16.3. The second-order valence-electron chi connectivity index (χ2n) is 11.5. The molecule has 0 aromatic rings. The van der Waals surface area contributed by atoms with E-state index in [0.717, 1.165) is 103 Å². The average Bonchev–Trinajstić information content (AvgIpc) is 3.06. The molecule has 0 rings (SSSR count). The van der Waals surface area contributed by atoms with Gasteiger partial charge in [0.15, 0.2) is 0 Å². The summed E-state index contributed by atoms with van der Waals surface area (Å²) in [5.74, 6) is -0.112. The first-order valence-electron chi connectivity index (χ1n) is 18.1. The van der Waals surface area contributed by atoms with Crippen molar-refractivity contribution in [2.45, 2.75) is 142 Å². The quantitative estimate of drug-likeness (QED) is 0.0544. The van der Waals surface area contributed by atoms with Crippen molar-refractivity contribution in [2.75, 3.05) is 6.61 Å². The number of nitrogens with one attached hydrogen (secondary N) is 1. The van der Waals surface area contributed by atoms with Crippen molar-refractivity contribution in [3.05, 3.63) is 109 Å². The first-order valence-corrected chi connectivity index (χ1v) is 18.1. The highest BCUT2D eigenvalue weighted by Crippen LogP contribution is 2.08. The first kappa shape index (κ1) is 43.0. The van der Waals surface area contributed by atoms with Crippen molar-refractivity contribution in [1.29, 1.82) is 0 Å². The van der Waals surface area contributed by atoms with Crippen LogP contribution in [-0.2, 0) is 4.79 Å². The van der Waals surface area contributed by atoms with E-state index in [2.05, 4.69) is 116 Å². The Morgan fingerprint density at radius 2 is 0.978 bits per heavy atom. The number of hydrogen-bond donors (Lipinski definition) is 3. The van der Waals surface area contributed by atoms with E-state index in [1.165, 1.54) is 6.42 Å². The van der Waals surface area contributed by atoms with Crippen LogP contribution in [0.3, 0.4) is 0 Å². The number of carbonyl (C=O) groups excluding carboxylic acids is 1. The number of aliphatic hydroxyl groups is 2. The zero-order valence-corrected chi connectivity index (χ0v) is 29.3. The SMILES string of the molecule is CC/C=C\C/C=C\C/C=C\C/C=C\C/C=C\C/C=C\CCCCCCC(=O)NC(CO)C(O)/C=C/CC/C=C/CC/C=C/CCC. The number of amides is 1. The van der Waals surface area contributed by atoms with Gasteiger partial charge in [0, 0.05) is 6.42 Å². The smallest absolute Gasteiger partial charge is 0.220 e. The lowest BCUT2D eigenvalue weighted by molar-refractivity contribution is -0.123. The standard InChI is InChI=1S/C42H67NO3/c1-3-5-7-9-11-13-15-16-17-18-19-20-21-22-23-24-25-26-28-30-32-34-36-38-42(46)43-40(39-44)41(45)37-35-33-31-29-27-14-12-10-8-6-4-2/h5,7-8,10-11,13,16-17,19-20,22-23,25-27,29,35,37,40-41,44-45H,3-4,6,9,12,14-15,18,21,24,28,30-34,36,38-39H2,1-2H3,(H,43,46)/b7-5-,10-8+,13-11-,17-16-,20-19-,23-22-,26-25-,29-27+,37-35+. The molecule has 0 aromatic carbocycles. The fraction of sp³-hybridized carbons (Fsp3) is 0.548. The molecule has 2 atom stereocenters. The van der Waals surface area contributed by atoms with Gasteiger partial charge in [0.05, 0.1) is 18.8 Å². The van der Waals surface area contributed by atoms with Crippen LogP contribution in [0.15, 0.2) is 109 Å². The lowest BCUT2D eigenvalue weighted by Gasteiger charge is -2.19. The van der Waals surface area contributed by atoms with E-state index in [4.69, 9.17) is 0 Å². The van der Waals surface area contributed by atoms with Gasteiger partial charge in [0.25, 0.3) is 0 Å². The molecule has 0 fully saturated rings. The van der Waals surface area contributed by atoms with Crippen LogP contribution in [-0.4, -0.2) is 34.9 Å². The summed E-state index contributed by atoms with van der Waals surface area (Å²) in [6.07, 6.45) is 56.0. The zero-order chi connectivity index (χ0) is 33.6. The van der Waals surface area contributed by atoms with Crippen LogP contribution in [0.4, 0.5) is 0 Å². The van der Waals surface area contributed by atoms with Gasteiger partial charge < -0.3 is 15.5 Å². The third kappa shape index (κ3) is 32.4. The minimum Gasteiger partial charge on any atom is -0.394 e. The molecule has 0 aliphatic rings. The number of aliphatic hydroxyl groups excluding tert-OH is 2. The van der Waals surface area contributed by atoms with E-state index >= 15 is 0 Å². The van der Waals surface area contributed by atoms with E-state index in [1.54, 1.807) is 6.08 Å². The summed E-state index contributed by atoms with van der Waals surface area (Å²) in [5.41, 5.74) is 0. The van der Waals surface area contributed by atoms with Crippen molar-refractivity contribution in [3.8, 4) is 0 Å². The van der Waals surface area contributed by atoms with Crippen molar-refractivity contribution in [3.63, 3.8) is 0 Å². The Morgan fingerprint density at radius 3 is 1.48 bits per heavy atom. The Morgan fingerprint density at radius 1 is 0.543 bits per heavy atom. The summed E-state index contributed by atoms with van der Waals surface area (Å²) in [4.78, 5) is 12.3. The summed E-state index contributed by atoms with van der Waals surface area (Å²) in [7, 11) is 0. The molecular weight excluding hydrogens is 566 g/mol. The summed E-state index contributed by atoms with van der Waals surface area (Å²) in [6.45, 7) is 4.06. The summed E-state index contributed by atoms with van der Waals surface area (Å²) < 4.78 is 0. The van der Waals surface area contributed by atoms with Crippen molar-refractivity contribution in [2.24, 2.45) is 0 Å². The molecule has 0 radical (unpaired) electrons. The molecule has 0 aromatic heterocycles. The van der Waals surface area contributed by atoms with Gasteiger partial charge in [-0.15, -0.1) is 0 Å². The molecule has 1 amide bonds. The first-order chi connectivity index (χ1) is 22.7. The molecule has 2 unspecified atom stereocenters. The van der Waals surface area contributed by atoms with Crippen molar-refractivity contribution in [1.82, 2.24) is 5.32 Å². The van der Waals surface area contributed by atoms with Crippen LogP contribution in [0, 0.1) is 0 Å². The molecule has 0 aliphatic carbocycles. The largest absolute Gasteiger partial charge is 0.394 e. The Bertz CT molecular complexity index is 948. The maximum absolute atomic E-state index is 12.3. The van der Waals surface area contributed by atoms with Gasteiger partial charge in [-0.25, -0.2) is 0 Å². The van der Waals surface area contributed by atoms with Gasteiger partial charge in [-0.3, -0.25) is 4.79 Å². The molecular formula is C42H67NO3. The lowest BCUT2D eigenvalue weighted by atomic mass is 10.1. The molecule has 0 spiro atoms. The number of rotatable bonds is 30. The number of allylic oxidation sites excluding steroid dienone is 17. The van der Waals surface area contributed by atoms with E-state index in [1.807, 2.05) is 6.08 Å². The van der Waals surface area contributed by atoms with Crippen LogP contribution >= 0.6 is 0 Å². The van der Waals surface area contributed by atoms with Gasteiger partial charge >= 0.3 is 0 Å². The Labute approximate surface area is 283 Å². The third-order valence-electron chi connectivity index (χ3n) is 7.20. The number of hydrogen-bond acceptors (Lipinski definition) is 3. The van der Waals surface area contributed by atoms with E-state index < -0.39 is 12.1 Å². The zero-order valence-electron chi connectivity index (χ0n) is 29.3. The monoisotopic (exact) mass is 634 g/mol. The molecule has 0 bridgehead atoms.